The Balaban J connectivity index is 1.64. The van der Waals surface area contributed by atoms with Crippen molar-refractivity contribution in [2.75, 3.05) is 32.7 Å². The van der Waals surface area contributed by atoms with E-state index in [0.717, 1.165) is 0 Å². The molecule has 1 heterocycles. The summed E-state index contributed by atoms with van der Waals surface area (Å²) in [6.45, 7) is 5.27. The highest BCUT2D eigenvalue weighted by Gasteiger charge is 2.55. The van der Waals surface area contributed by atoms with Gasteiger partial charge in [-0.3, -0.25) is 9.69 Å². The Kier molecular flexibility index (Phi) is 7.01. The molecule has 3 rings (SSSR count). The van der Waals surface area contributed by atoms with Crippen LogP contribution in [0.3, 0.4) is 0 Å². The minimum Gasteiger partial charge on any atom is -0.507 e. The third-order valence-corrected chi connectivity index (χ3v) is 6.25. The van der Waals surface area contributed by atoms with Crippen LogP contribution in [-0.4, -0.2) is 88.5 Å². The van der Waals surface area contributed by atoms with E-state index >= 15 is 0 Å². The molecule has 9 N–H and O–H groups in total. The number of aromatic carboxylic acids is 1. The third kappa shape index (κ3) is 4.84. The number of hydrogen-bond acceptors (Lipinski definition) is 9. The quantitative estimate of drug-likeness (QED) is 0.207. The van der Waals surface area contributed by atoms with E-state index in [-0.39, 0.29) is 35.2 Å². The first-order chi connectivity index (χ1) is 15.0. The maximum atomic E-state index is 12.1. The van der Waals surface area contributed by atoms with Crippen molar-refractivity contribution in [1.29, 1.82) is 0 Å². The summed E-state index contributed by atoms with van der Waals surface area (Å²) in [7, 11) is -1.54. The van der Waals surface area contributed by atoms with Gasteiger partial charge in [-0.05, 0) is 30.4 Å². The van der Waals surface area contributed by atoms with E-state index in [4.69, 9.17) is 16.2 Å². The number of carbonyl (C=O) groups excluding carboxylic acids is 1. The Bertz CT molecular complexity index is 876. The van der Waals surface area contributed by atoms with Crippen LogP contribution in [0.5, 0.6) is 11.5 Å². The lowest BCUT2D eigenvalue weighted by atomic mass is 9.80. The van der Waals surface area contributed by atoms with Crippen LogP contribution in [0.15, 0.2) is 12.1 Å². The normalized spacial score (nSPS) is 24.9. The molecule has 1 aliphatic carbocycles. The molecule has 0 bridgehead atoms. The summed E-state index contributed by atoms with van der Waals surface area (Å²) in [5.41, 5.74) is 10.4. The number of rotatable bonds is 10. The highest BCUT2D eigenvalue weighted by molar-refractivity contribution is 6.45. The number of nitrogens with two attached hydrogens (primary N) is 2. The summed E-state index contributed by atoms with van der Waals surface area (Å²) in [6.07, 6.45) is -0.326. The molecule has 1 aromatic carbocycles. The Morgan fingerprint density at radius 2 is 2.00 bits per heavy atom. The number of likely N-dealkylation sites (tertiary alicyclic amines) is 1. The van der Waals surface area contributed by atoms with Crippen molar-refractivity contribution in [1.82, 2.24) is 10.2 Å². The van der Waals surface area contributed by atoms with Crippen molar-refractivity contribution in [3.05, 3.63) is 23.3 Å². The highest BCUT2D eigenvalue weighted by Crippen LogP contribution is 2.61. The van der Waals surface area contributed by atoms with Gasteiger partial charge in [-0.15, -0.1) is 0 Å². The Morgan fingerprint density at radius 1 is 1.34 bits per heavy atom. The first-order valence-corrected chi connectivity index (χ1v) is 10.6. The molecule has 176 valence electrons. The van der Waals surface area contributed by atoms with Crippen molar-refractivity contribution in [2.45, 2.75) is 37.2 Å². The molecule has 4 atom stereocenters. The first-order valence-electron chi connectivity index (χ1n) is 10.6. The SMILES string of the molecule is C[C@@H]1C(B(O)O)C1c1ccc(OC2CN(CC(C)(N)C(=O)NCCN)C2)c(C(=O)O)c1O. The van der Waals surface area contributed by atoms with Crippen molar-refractivity contribution in [2.24, 2.45) is 17.4 Å². The summed E-state index contributed by atoms with van der Waals surface area (Å²) in [6, 6.07) is 3.05. The van der Waals surface area contributed by atoms with Gasteiger partial charge in [0, 0.05) is 38.5 Å². The number of carboxylic acid groups (broad SMARTS) is 1. The van der Waals surface area contributed by atoms with E-state index in [9.17, 15) is 29.9 Å². The van der Waals surface area contributed by atoms with Crippen LogP contribution < -0.4 is 21.5 Å². The van der Waals surface area contributed by atoms with E-state index in [1.54, 1.807) is 13.0 Å². The molecule has 1 saturated carbocycles. The summed E-state index contributed by atoms with van der Waals surface area (Å²) < 4.78 is 5.81. The molecule has 1 saturated heterocycles. The van der Waals surface area contributed by atoms with Gasteiger partial charge >= 0.3 is 13.1 Å². The highest BCUT2D eigenvalue weighted by atomic mass is 16.5. The largest absolute Gasteiger partial charge is 0.507 e. The summed E-state index contributed by atoms with van der Waals surface area (Å²) >= 11 is 0. The van der Waals surface area contributed by atoms with Crippen LogP contribution in [0.4, 0.5) is 0 Å². The molecular formula is C20H31BN4O7. The number of carboxylic acids is 1. The molecule has 0 aromatic heterocycles. The molecule has 3 unspecified atom stereocenters. The van der Waals surface area contributed by atoms with E-state index in [0.29, 0.717) is 38.3 Å². The molecule has 2 aliphatic rings. The molecule has 0 radical (unpaired) electrons. The van der Waals surface area contributed by atoms with Crippen molar-refractivity contribution < 1.29 is 34.6 Å². The minimum atomic E-state index is -1.54. The number of nitrogens with zero attached hydrogens (tertiary/aromatic N) is 1. The number of hydrogen-bond donors (Lipinski definition) is 7. The average Bonchev–Trinajstić information content (AvgIpc) is 3.34. The minimum absolute atomic E-state index is 0.0361. The van der Waals surface area contributed by atoms with Gasteiger partial charge in [0.15, 0.2) is 0 Å². The molecule has 1 amide bonds. The molecule has 1 aliphatic heterocycles. The van der Waals surface area contributed by atoms with Gasteiger partial charge in [-0.2, -0.15) is 0 Å². The van der Waals surface area contributed by atoms with E-state index in [2.05, 4.69) is 5.32 Å². The predicted molar refractivity (Wildman–Crippen MR) is 116 cm³/mol. The van der Waals surface area contributed by atoms with Gasteiger partial charge in [0.25, 0.3) is 0 Å². The zero-order valence-corrected chi connectivity index (χ0v) is 18.2. The Labute approximate surface area is 186 Å². The van der Waals surface area contributed by atoms with Crippen LogP contribution in [0.2, 0.25) is 5.82 Å². The summed E-state index contributed by atoms with van der Waals surface area (Å²) in [5, 5.41) is 41.8. The zero-order valence-electron chi connectivity index (χ0n) is 18.2. The standard InChI is InChI=1S/C20H31BN4O7/c1-10-14(16(10)21(30)31)12-3-4-13(15(17(12)26)18(27)28)32-11-7-25(8-11)9-20(2,23)19(29)24-6-5-22/h3-4,10-11,14,16,26,30-31H,5-9,22-23H2,1-2H3,(H,24,29)(H,27,28)/t10-,14?,16?,20?/m0/s1. The lowest BCUT2D eigenvalue weighted by Gasteiger charge is -2.42. The smallest absolute Gasteiger partial charge is 0.455 e. The molecule has 11 nitrogen and oxygen atoms in total. The first kappa shape index (κ1) is 24.3. The molecule has 32 heavy (non-hydrogen) atoms. The number of phenols is 1. The van der Waals surface area contributed by atoms with Crippen molar-refractivity contribution >= 4 is 19.0 Å². The van der Waals surface area contributed by atoms with Crippen LogP contribution >= 0.6 is 0 Å². The fraction of sp³-hybridized carbons (Fsp3) is 0.600. The fourth-order valence-electron chi connectivity index (χ4n) is 4.43. The average molecular weight is 450 g/mol. The van der Waals surface area contributed by atoms with Gasteiger partial charge in [0.05, 0.1) is 0 Å². The topological polar surface area (TPSA) is 192 Å². The van der Waals surface area contributed by atoms with Gasteiger partial charge in [-0.1, -0.05) is 13.0 Å². The number of ether oxygens (including phenoxy) is 1. The molecule has 12 heteroatoms. The second-order valence-electron chi connectivity index (χ2n) is 8.95. The van der Waals surface area contributed by atoms with Crippen LogP contribution in [0, 0.1) is 5.92 Å². The maximum absolute atomic E-state index is 12.1. The van der Waals surface area contributed by atoms with Gasteiger partial charge in [0.1, 0.15) is 28.7 Å². The third-order valence-electron chi connectivity index (χ3n) is 6.25. The monoisotopic (exact) mass is 450 g/mol. The second-order valence-corrected chi connectivity index (χ2v) is 8.95. The zero-order chi connectivity index (χ0) is 23.8. The maximum Gasteiger partial charge on any atom is 0.455 e. The lowest BCUT2D eigenvalue weighted by molar-refractivity contribution is -0.127. The Morgan fingerprint density at radius 3 is 2.53 bits per heavy atom. The molecule has 2 fully saturated rings. The number of nitrogens with one attached hydrogen (secondary N) is 1. The number of benzene rings is 1. The van der Waals surface area contributed by atoms with Gasteiger partial charge in [-0.25, -0.2) is 4.79 Å². The molecule has 0 spiro atoms. The van der Waals surface area contributed by atoms with Gasteiger partial charge in [0.2, 0.25) is 5.91 Å². The van der Waals surface area contributed by atoms with Crippen molar-refractivity contribution in [3.63, 3.8) is 0 Å². The molecular weight excluding hydrogens is 419 g/mol. The fourth-order valence-corrected chi connectivity index (χ4v) is 4.43. The van der Waals surface area contributed by atoms with E-state index in [1.807, 2.05) is 11.8 Å². The van der Waals surface area contributed by atoms with Gasteiger partial charge < -0.3 is 41.8 Å². The van der Waals surface area contributed by atoms with Crippen LogP contribution in [0.25, 0.3) is 0 Å². The van der Waals surface area contributed by atoms with Crippen LogP contribution in [0.1, 0.15) is 35.7 Å². The number of aromatic hydroxyl groups is 1. The van der Waals surface area contributed by atoms with Crippen molar-refractivity contribution in [3.8, 4) is 11.5 Å². The number of carbonyl (C=O) groups is 2. The van der Waals surface area contributed by atoms with E-state index in [1.165, 1.54) is 6.07 Å². The molecule has 1 aromatic rings. The second kappa shape index (κ2) is 9.24. The summed E-state index contributed by atoms with van der Waals surface area (Å²) in [4.78, 5) is 25.9. The lowest BCUT2D eigenvalue weighted by Crippen LogP contribution is -2.64. The van der Waals surface area contributed by atoms with E-state index < -0.39 is 30.2 Å². The Hall–Kier alpha value is -2.38. The summed E-state index contributed by atoms with van der Waals surface area (Å²) in [5.74, 6) is -2.91. The predicted octanol–water partition coefficient (Wildman–Crippen LogP) is -1.48. The number of amides is 1. The van der Waals surface area contributed by atoms with Crippen LogP contribution in [-0.2, 0) is 4.79 Å².